The number of pyridine rings is 1. The molecule has 2 atom stereocenters. The summed E-state index contributed by atoms with van der Waals surface area (Å²) in [5.41, 5.74) is 3.38. The molecule has 1 fully saturated rings. The Hall–Kier alpha value is -3.53. The van der Waals surface area contributed by atoms with Crippen LogP contribution >= 0.6 is 28.1 Å². The molecule has 1 saturated heterocycles. The fourth-order valence-corrected chi connectivity index (χ4v) is 4.85. The Morgan fingerprint density at radius 2 is 1.89 bits per heavy atom. The Balaban J connectivity index is 1.50. The third kappa shape index (κ3) is 5.04. The van der Waals surface area contributed by atoms with Gasteiger partial charge >= 0.3 is 0 Å². The third-order valence-electron chi connectivity index (χ3n) is 5.85. The van der Waals surface area contributed by atoms with Crippen molar-refractivity contribution in [2.75, 3.05) is 23.9 Å². The molecule has 2 N–H and O–H groups in total. The number of nitrogens with zero attached hydrogens (tertiary/aromatic N) is 2. The first kappa shape index (κ1) is 24.2. The van der Waals surface area contributed by atoms with Gasteiger partial charge in [0, 0.05) is 34.7 Å². The van der Waals surface area contributed by atoms with Gasteiger partial charge in [0.25, 0.3) is 0 Å². The quantitative estimate of drug-likeness (QED) is 0.273. The highest BCUT2D eigenvalue weighted by atomic mass is 79.9. The summed E-state index contributed by atoms with van der Waals surface area (Å²) in [4.78, 5) is 18.5. The summed E-state index contributed by atoms with van der Waals surface area (Å²) in [6.45, 7) is -0.00505. The molecular weight excluding hydrogens is 540 g/mol. The molecule has 5 rings (SSSR count). The Morgan fingerprint density at radius 1 is 1.11 bits per heavy atom. The lowest BCUT2D eigenvalue weighted by molar-refractivity contribution is -0.119. The number of hydrogen-bond donors (Lipinski definition) is 2. The van der Waals surface area contributed by atoms with Crippen molar-refractivity contribution in [3.05, 3.63) is 101 Å². The number of nitrogens with one attached hydrogen (secondary N) is 2. The van der Waals surface area contributed by atoms with Crippen molar-refractivity contribution >= 4 is 50.5 Å². The molecule has 36 heavy (non-hydrogen) atoms. The summed E-state index contributed by atoms with van der Waals surface area (Å²) in [6, 6.07) is 24.8. The topological polar surface area (TPSA) is 79.6 Å². The van der Waals surface area contributed by atoms with E-state index in [0.717, 1.165) is 32.9 Å². The number of furan rings is 1. The molecule has 0 saturated carbocycles. The van der Waals surface area contributed by atoms with Gasteiger partial charge < -0.3 is 24.7 Å². The minimum absolute atomic E-state index is 0.00505. The van der Waals surface area contributed by atoms with E-state index in [-0.39, 0.29) is 24.6 Å². The van der Waals surface area contributed by atoms with E-state index in [1.807, 2.05) is 83.8 Å². The van der Waals surface area contributed by atoms with Crippen molar-refractivity contribution in [2.24, 2.45) is 0 Å². The van der Waals surface area contributed by atoms with Crippen LogP contribution in [0.15, 0.2) is 93.9 Å². The van der Waals surface area contributed by atoms with Crippen molar-refractivity contribution in [1.29, 1.82) is 0 Å². The molecule has 3 heterocycles. The Bertz CT molecular complexity index is 1360. The van der Waals surface area contributed by atoms with Gasteiger partial charge in [-0.25, -0.2) is 0 Å². The predicted octanol–water partition coefficient (Wildman–Crippen LogP) is 5.87. The van der Waals surface area contributed by atoms with Crippen LogP contribution in [0.3, 0.4) is 0 Å². The number of benzene rings is 2. The molecular formula is C27H23BrN4O3S. The zero-order valence-electron chi connectivity index (χ0n) is 19.4. The summed E-state index contributed by atoms with van der Waals surface area (Å²) in [5, 5.41) is 6.81. The Kier molecular flexibility index (Phi) is 7.13. The number of aromatic nitrogens is 1. The summed E-state index contributed by atoms with van der Waals surface area (Å²) < 4.78 is 12.3. The van der Waals surface area contributed by atoms with Crippen molar-refractivity contribution in [2.45, 2.75) is 12.1 Å². The van der Waals surface area contributed by atoms with E-state index in [1.54, 1.807) is 6.20 Å². The van der Waals surface area contributed by atoms with Crippen LogP contribution in [0.25, 0.3) is 11.3 Å². The molecule has 2 aromatic carbocycles. The molecule has 0 aliphatic carbocycles. The second-order valence-corrected chi connectivity index (χ2v) is 9.54. The molecule has 1 aliphatic heterocycles. The van der Waals surface area contributed by atoms with Crippen molar-refractivity contribution in [3.63, 3.8) is 0 Å². The van der Waals surface area contributed by atoms with Crippen molar-refractivity contribution < 1.29 is 13.9 Å². The van der Waals surface area contributed by atoms with Crippen LogP contribution in [-0.2, 0) is 9.53 Å². The van der Waals surface area contributed by atoms with Gasteiger partial charge in [-0.15, -0.1) is 0 Å². The number of carbonyl (C=O) groups is 1. The normalized spacial score (nSPS) is 17.2. The minimum atomic E-state index is -0.273. The fourth-order valence-electron chi connectivity index (χ4n) is 4.24. The van der Waals surface area contributed by atoms with Gasteiger partial charge in [-0.05, 0) is 72.9 Å². The zero-order valence-corrected chi connectivity index (χ0v) is 21.8. The standard InChI is InChI=1S/C27H23BrN4O3S/c1-34-16-24(33)30-19-9-11-20(12-10-19)32-26(25(31-27(32)36)21-4-2-3-15-29-21)23-14-13-22(35-23)17-5-7-18(28)8-6-17/h2-15,25-26H,16H2,1H3,(H,30,33)(H,31,36)/t25-,26-/m0/s1. The molecule has 0 unspecified atom stereocenters. The maximum Gasteiger partial charge on any atom is 0.250 e. The lowest BCUT2D eigenvalue weighted by Gasteiger charge is -2.26. The molecule has 182 valence electrons. The van der Waals surface area contributed by atoms with E-state index in [0.29, 0.717) is 10.8 Å². The van der Waals surface area contributed by atoms with E-state index in [9.17, 15) is 4.79 Å². The largest absolute Gasteiger partial charge is 0.459 e. The maximum absolute atomic E-state index is 11.9. The number of methoxy groups -OCH3 is 1. The zero-order chi connectivity index (χ0) is 25.1. The predicted molar refractivity (Wildman–Crippen MR) is 147 cm³/mol. The van der Waals surface area contributed by atoms with Crippen molar-refractivity contribution in [1.82, 2.24) is 10.3 Å². The Labute approximate surface area is 222 Å². The van der Waals surface area contributed by atoms with Gasteiger partial charge in [0.15, 0.2) is 5.11 Å². The molecule has 2 aromatic heterocycles. The van der Waals surface area contributed by atoms with E-state index >= 15 is 0 Å². The van der Waals surface area contributed by atoms with Crippen LogP contribution in [0.1, 0.15) is 23.5 Å². The molecule has 0 bridgehead atoms. The second kappa shape index (κ2) is 10.6. The maximum atomic E-state index is 11.9. The summed E-state index contributed by atoms with van der Waals surface area (Å²) >= 11 is 9.26. The molecule has 0 spiro atoms. The first-order valence-electron chi connectivity index (χ1n) is 11.3. The number of rotatable bonds is 7. The number of carbonyl (C=O) groups excluding carboxylic acids is 1. The summed E-state index contributed by atoms with van der Waals surface area (Å²) in [7, 11) is 1.49. The monoisotopic (exact) mass is 562 g/mol. The number of ether oxygens (including phenoxy) is 1. The van der Waals surface area contributed by atoms with Crippen LogP contribution in [0.2, 0.25) is 0 Å². The van der Waals surface area contributed by atoms with E-state index in [1.165, 1.54) is 7.11 Å². The van der Waals surface area contributed by atoms with Crippen LogP contribution in [0, 0.1) is 0 Å². The molecule has 0 radical (unpaired) electrons. The molecule has 7 nitrogen and oxygen atoms in total. The number of anilines is 2. The van der Waals surface area contributed by atoms with E-state index in [4.69, 9.17) is 21.4 Å². The highest BCUT2D eigenvalue weighted by Crippen LogP contribution is 2.43. The van der Waals surface area contributed by atoms with Crippen molar-refractivity contribution in [3.8, 4) is 11.3 Å². The molecule has 4 aromatic rings. The third-order valence-corrected chi connectivity index (χ3v) is 6.69. The summed E-state index contributed by atoms with van der Waals surface area (Å²) in [6.07, 6.45) is 1.77. The summed E-state index contributed by atoms with van der Waals surface area (Å²) in [5.74, 6) is 1.31. The van der Waals surface area contributed by atoms with Gasteiger partial charge in [-0.2, -0.15) is 0 Å². The highest BCUT2D eigenvalue weighted by Gasteiger charge is 2.42. The first-order valence-corrected chi connectivity index (χ1v) is 12.5. The molecule has 9 heteroatoms. The van der Waals surface area contributed by atoms with Crippen LogP contribution in [0.4, 0.5) is 11.4 Å². The number of halogens is 1. The lowest BCUT2D eigenvalue weighted by atomic mass is 10.0. The van der Waals surface area contributed by atoms with Gasteiger partial charge in [0.2, 0.25) is 5.91 Å². The first-order chi connectivity index (χ1) is 17.5. The minimum Gasteiger partial charge on any atom is -0.459 e. The molecule has 1 amide bonds. The van der Waals surface area contributed by atoms with Gasteiger partial charge in [0.1, 0.15) is 24.2 Å². The smallest absolute Gasteiger partial charge is 0.250 e. The van der Waals surface area contributed by atoms with Crippen LogP contribution in [0.5, 0.6) is 0 Å². The van der Waals surface area contributed by atoms with Gasteiger partial charge in [0.05, 0.1) is 11.7 Å². The number of amides is 1. The molecule has 1 aliphatic rings. The Morgan fingerprint density at radius 3 is 2.58 bits per heavy atom. The number of thiocarbonyl (C=S) groups is 1. The SMILES string of the molecule is COCC(=O)Nc1ccc(N2C(=S)N[C@@H](c3ccccn3)[C@@H]2c2ccc(-c3ccc(Br)cc3)o2)cc1. The second-order valence-electron chi connectivity index (χ2n) is 8.23. The number of hydrogen-bond acceptors (Lipinski definition) is 5. The van der Waals surface area contributed by atoms with Crippen LogP contribution < -0.4 is 15.5 Å². The van der Waals surface area contributed by atoms with E-state index in [2.05, 4.69) is 31.5 Å². The lowest BCUT2D eigenvalue weighted by Crippen LogP contribution is -2.29. The fraction of sp³-hybridized carbons (Fsp3) is 0.148. The highest BCUT2D eigenvalue weighted by molar-refractivity contribution is 9.10. The van der Waals surface area contributed by atoms with Crippen LogP contribution in [-0.4, -0.2) is 29.7 Å². The average molecular weight is 563 g/mol. The van der Waals surface area contributed by atoms with Gasteiger partial charge in [-0.1, -0.05) is 34.1 Å². The average Bonchev–Trinajstić information content (AvgIpc) is 3.50. The van der Waals surface area contributed by atoms with Gasteiger partial charge in [-0.3, -0.25) is 9.78 Å². The van der Waals surface area contributed by atoms with E-state index < -0.39 is 0 Å².